The van der Waals surface area contributed by atoms with Gasteiger partial charge in [0.2, 0.25) is 0 Å². The predicted molar refractivity (Wildman–Crippen MR) is 88.9 cm³/mol. The average molecular weight is 323 g/mol. The second-order valence-corrected chi connectivity index (χ2v) is 10.1. The third kappa shape index (κ3) is 5.68. The Labute approximate surface area is 127 Å². The molecule has 0 bridgehead atoms. The van der Waals surface area contributed by atoms with Crippen LogP contribution in [0.15, 0.2) is 13.2 Å². The van der Waals surface area contributed by atoms with Crippen molar-refractivity contribution in [2.45, 2.75) is 72.3 Å². The van der Waals surface area contributed by atoms with Gasteiger partial charge in [-0.15, -0.1) is 23.5 Å². The molecule has 0 radical (unpaired) electrons. The van der Waals surface area contributed by atoms with E-state index in [9.17, 15) is 4.79 Å². The molecule has 2 atom stereocenters. The first-order valence-electron chi connectivity index (χ1n) is 6.54. The Bertz CT molecular complexity index is 361. The van der Waals surface area contributed by atoms with Crippen molar-refractivity contribution in [2.75, 3.05) is 0 Å². The van der Waals surface area contributed by atoms with Gasteiger partial charge in [0.15, 0.2) is 0 Å². The molecular weight excluding hydrogens is 300 g/mol. The summed E-state index contributed by atoms with van der Waals surface area (Å²) in [4.78, 5) is 11.6. The molecule has 18 heavy (non-hydrogen) atoms. The van der Waals surface area contributed by atoms with Gasteiger partial charge in [0.05, 0.1) is 8.42 Å². The van der Waals surface area contributed by atoms with Crippen molar-refractivity contribution in [3.05, 3.63) is 8.85 Å². The van der Waals surface area contributed by atoms with Crippen molar-refractivity contribution in [2.24, 2.45) is 0 Å². The van der Waals surface area contributed by atoms with E-state index >= 15 is 0 Å². The average Bonchev–Trinajstić information content (AvgIpc) is 2.59. The molecule has 1 heterocycles. The van der Waals surface area contributed by atoms with Gasteiger partial charge in [0, 0.05) is 10.5 Å². The summed E-state index contributed by atoms with van der Waals surface area (Å²) in [5, 5.41) is 1.22. The van der Waals surface area contributed by atoms with Crippen LogP contribution in [0.2, 0.25) is 0 Å². The first kappa shape index (κ1) is 16.6. The molecule has 1 aromatic rings. The zero-order valence-corrected chi connectivity index (χ0v) is 14.8. The van der Waals surface area contributed by atoms with E-state index in [0.717, 1.165) is 0 Å². The largest absolute Gasteiger partial charge is 0.289 e. The highest BCUT2D eigenvalue weighted by atomic mass is 32.2. The normalized spacial score (nSPS) is 14.7. The summed E-state index contributed by atoms with van der Waals surface area (Å²) < 4.78 is 2.74. The van der Waals surface area contributed by atoms with Crippen molar-refractivity contribution in [3.63, 3.8) is 0 Å². The number of hydrogen-bond acceptors (Lipinski definition) is 5. The monoisotopic (exact) mass is 322 g/mol. The quantitative estimate of drug-likeness (QED) is 0.569. The third-order valence-corrected chi connectivity index (χ3v) is 7.84. The van der Waals surface area contributed by atoms with Gasteiger partial charge in [-0.25, -0.2) is 0 Å². The van der Waals surface area contributed by atoms with Crippen molar-refractivity contribution in [3.8, 4) is 0 Å². The fourth-order valence-electron chi connectivity index (χ4n) is 1.70. The molecule has 0 spiro atoms. The highest BCUT2D eigenvalue weighted by Gasteiger charge is 2.15. The van der Waals surface area contributed by atoms with Gasteiger partial charge in [0.1, 0.15) is 0 Å². The molecule has 1 rings (SSSR count). The molecule has 1 aromatic heterocycles. The molecule has 0 fully saturated rings. The van der Waals surface area contributed by atoms with Crippen LogP contribution in [-0.4, -0.2) is 10.5 Å². The highest BCUT2D eigenvalue weighted by Crippen LogP contribution is 2.41. The molecular formula is C13H22OS4. The summed E-state index contributed by atoms with van der Waals surface area (Å²) in [5.41, 5.74) is 0. The minimum absolute atomic E-state index is 0.243. The number of thioether (sulfide) groups is 2. The van der Waals surface area contributed by atoms with Gasteiger partial charge in [-0.3, -0.25) is 4.79 Å². The van der Waals surface area contributed by atoms with Gasteiger partial charge in [-0.05, 0) is 12.8 Å². The summed E-state index contributed by atoms with van der Waals surface area (Å²) in [6.45, 7) is 8.94. The molecule has 0 aliphatic rings. The standard InChI is InChI=1S/C13H22OS4/c1-5-7-9(3)15-11-12(18-13(14)17-11)16-10(4)8-6-2/h9-10H,5-8H2,1-4H3. The Morgan fingerprint density at radius 1 is 0.944 bits per heavy atom. The van der Waals surface area contributed by atoms with E-state index in [-0.39, 0.29) is 4.06 Å². The Hall–Kier alpha value is 0.550. The predicted octanol–water partition coefficient (Wildman–Crippen LogP) is 5.73. The molecule has 5 heteroatoms. The maximum Gasteiger partial charge on any atom is 0.289 e. The summed E-state index contributed by atoms with van der Waals surface area (Å²) in [6, 6.07) is 0. The molecule has 1 nitrogen and oxygen atoms in total. The van der Waals surface area contributed by atoms with E-state index in [2.05, 4.69) is 27.7 Å². The van der Waals surface area contributed by atoms with Crippen molar-refractivity contribution < 1.29 is 0 Å². The van der Waals surface area contributed by atoms with E-state index in [0.29, 0.717) is 10.5 Å². The van der Waals surface area contributed by atoms with Gasteiger partial charge in [-0.2, -0.15) is 0 Å². The zero-order valence-electron chi connectivity index (χ0n) is 11.5. The van der Waals surface area contributed by atoms with Crippen LogP contribution in [0.25, 0.3) is 0 Å². The summed E-state index contributed by atoms with van der Waals surface area (Å²) in [5.74, 6) is 0. The van der Waals surface area contributed by atoms with Crippen LogP contribution in [0, 0.1) is 0 Å². The topological polar surface area (TPSA) is 17.1 Å². The highest BCUT2D eigenvalue weighted by molar-refractivity contribution is 8.05. The van der Waals surface area contributed by atoms with Crippen LogP contribution in [0.5, 0.6) is 0 Å². The van der Waals surface area contributed by atoms with Crippen molar-refractivity contribution in [1.29, 1.82) is 0 Å². The van der Waals surface area contributed by atoms with E-state index in [1.807, 2.05) is 23.5 Å². The zero-order chi connectivity index (χ0) is 13.5. The Morgan fingerprint density at radius 2 is 1.33 bits per heavy atom. The van der Waals surface area contributed by atoms with E-state index in [1.54, 1.807) is 0 Å². The molecule has 104 valence electrons. The third-order valence-electron chi connectivity index (χ3n) is 2.53. The molecule has 0 aliphatic carbocycles. The first-order valence-corrected chi connectivity index (χ1v) is 9.93. The summed E-state index contributed by atoms with van der Waals surface area (Å²) in [7, 11) is 0. The Balaban J connectivity index is 2.69. The SMILES string of the molecule is CCCC(C)Sc1sc(=O)sc1SC(C)CCC. The van der Waals surface area contributed by atoms with Crippen LogP contribution >= 0.6 is 46.2 Å². The van der Waals surface area contributed by atoms with E-state index in [4.69, 9.17) is 0 Å². The maximum absolute atomic E-state index is 11.6. The molecule has 0 aliphatic heterocycles. The van der Waals surface area contributed by atoms with Gasteiger partial charge >= 0.3 is 0 Å². The maximum atomic E-state index is 11.6. The molecule has 0 saturated heterocycles. The summed E-state index contributed by atoms with van der Waals surface area (Å²) >= 11 is 6.63. The van der Waals surface area contributed by atoms with Crippen LogP contribution in [0.1, 0.15) is 53.4 Å². The lowest BCUT2D eigenvalue weighted by Crippen LogP contribution is -1.95. The fourth-order valence-corrected chi connectivity index (χ4v) is 7.68. The minimum atomic E-state index is 0.243. The van der Waals surface area contributed by atoms with Crippen molar-refractivity contribution in [1.82, 2.24) is 0 Å². The van der Waals surface area contributed by atoms with E-state index < -0.39 is 0 Å². The molecule has 2 unspecified atom stereocenters. The molecule has 0 saturated carbocycles. The number of hydrogen-bond donors (Lipinski definition) is 0. The van der Waals surface area contributed by atoms with Crippen LogP contribution in [0.3, 0.4) is 0 Å². The molecule has 0 amide bonds. The van der Waals surface area contributed by atoms with Crippen LogP contribution in [0.4, 0.5) is 0 Å². The first-order chi connectivity index (χ1) is 8.56. The fraction of sp³-hybridized carbons (Fsp3) is 0.769. The van der Waals surface area contributed by atoms with Crippen LogP contribution < -0.4 is 4.06 Å². The lowest BCUT2D eigenvalue weighted by molar-refractivity contribution is 0.785. The second-order valence-electron chi connectivity index (χ2n) is 4.46. The Morgan fingerprint density at radius 3 is 1.67 bits per heavy atom. The van der Waals surface area contributed by atoms with Gasteiger partial charge in [-0.1, -0.05) is 63.2 Å². The van der Waals surface area contributed by atoms with Crippen LogP contribution in [-0.2, 0) is 0 Å². The van der Waals surface area contributed by atoms with E-state index in [1.165, 1.54) is 56.8 Å². The lowest BCUT2D eigenvalue weighted by atomic mass is 10.3. The van der Waals surface area contributed by atoms with Crippen molar-refractivity contribution >= 4 is 46.2 Å². The minimum Gasteiger partial charge on any atom is -0.265 e. The summed E-state index contributed by atoms with van der Waals surface area (Å²) in [6.07, 6.45) is 4.86. The smallest absolute Gasteiger partial charge is 0.265 e. The molecule has 0 aromatic carbocycles. The Kier molecular flexibility index (Phi) is 8.00. The van der Waals surface area contributed by atoms with Gasteiger partial charge < -0.3 is 0 Å². The lowest BCUT2D eigenvalue weighted by Gasteiger charge is -2.11. The number of rotatable bonds is 8. The van der Waals surface area contributed by atoms with Gasteiger partial charge in [0.25, 0.3) is 4.06 Å². The second kappa shape index (κ2) is 8.67. The molecule has 0 N–H and O–H groups in total.